The molecule has 0 aromatic carbocycles. The molecule has 0 aliphatic carbocycles. The number of aromatic carboxylic acids is 1. The maximum atomic E-state index is 11.0. The van der Waals surface area contributed by atoms with E-state index in [0.29, 0.717) is 21.7 Å². The van der Waals surface area contributed by atoms with E-state index in [1.54, 1.807) is 12.1 Å². The Balaban J connectivity index is 2.54. The number of nitrogens with zero attached hydrogens (tertiary/aromatic N) is 1. The molecular formula is C10H8BrNO3S. The first kappa shape index (κ1) is 11.3. The van der Waals surface area contributed by atoms with Crippen molar-refractivity contribution in [3.8, 4) is 10.6 Å². The minimum atomic E-state index is -1.03. The smallest absolute Gasteiger partial charge is 0.356 e. The predicted octanol–water partition coefficient (Wildman–Crippen LogP) is 3.43. The van der Waals surface area contributed by atoms with Crippen LogP contribution in [-0.2, 0) is 6.42 Å². The van der Waals surface area contributed by atoms with E-state index < -0.39 is 5.97 Å². The highest BCUT2D eigenvalue weighted by molar-refractivity contribution is 9.10. The zero-order valence-electron chi connectivity index (χ0n) is 8.36. The molecule has 4 nitrogen and oxygen atoms in total. The maximum absolute atomic E-state index is 11.0. The Morgan fingerprint density at radius 2 is 2.38 bits per heavy atom. The Labute approximate surface area is 104 Å². The van der Waals surface area contributed by atoms with Gasteiger partial charge >= 0.3 is 5.97 Å². The standard InChI is InChI=1S/C10H8BrNO3S/c1-2-7-12-8(10(13)14)9(16-7)5-3-4-6(11)15-5/h3-4H,2H2,1H3,(H,13,14). The summed E-state index contributed by atoms with van der Waals surface area (Å²) in [5.74, 6) is -0.500. The highest BCUT2D eigenvalue weighted by atomic mass is 79.9. The molecular weight excluding hydrogens is 294 g/mol. The van der Waals surface area contributed by atoms with E-state index in [-0.39, 0.29) is 5.69 Å². The molecule has 0 aliphatic heterocycles. The topological polar surface area (TPSA) is 63.3 Å². The second-order valence-electron chi connectivity index (χ2n) is 3.05. The molecule has 0 amide bonds. The Bertz CT molecular complexity index is 532. The van der Waals surface area contributed by atoms with Crippen molar-refractivity contribution in [2.45, 2.75) is 13.3 Å². The fourth-order valence-corrected chi connectivity index (χ4v) is 2.53. The summed E-state index contributed by atoms with van der Waals surface area (Å²) in [5, 5.41) is 9.83. The number of carboxylic acid groups (broad SMARTS) is 1. The molecule has 0 bridgehead atoms. The summed E-state index contributed by atoms with van der Waals surface area (Å²) in [5.41, 5.74) is 0.0590. The second-order valence-corrected chi connectivity index (χ2v) is 4.91. The van der Waals surface area contributed by atoms with Crippen LogP contribution in [0.15, 0.2) is 21.2 Å². The van der Waals surface area contributed by atoms with Crippen molar-refractivity contribution in [2.75, 3.05) is 0 Å². The van der Waals surface area contributed by atoms with Crippen molar-refractivity contribution in [3.63, 3.8) is 0 Å². The number of carbonyl (C=O) groups is 1. The number of carboxylic acids is 1. The Hall–Kier alpha value is -1.14. The van der Waals surface area contributed by atoms with Crippen LogP contribution < -0.4 is 0 Å². The highest BCUT2D eigenvalue weighted by Crippen LogP contribution is 2.33. The highest BCUT2D eigenvalue weighted by Gasteiger charge is 2.20. The summed E-state index contributed by atoms with van der Waals surface area (Å²) < 4.78 is 5.92. The Kier molecular flexibility index (Phi) is 3.11. The van der Waals surface area contributed by atoms with Gasteiger partial charge in [0.1, 0.15) is 10.6 Å². The zero-order chi connectivity index (χ0) is 11.7. The van der Waals surface area contributed by atoms with Gasteiger partial charge in [0, 0.05) is 0 Å². The van der Waals surface area contributed by atoms with Crippen molar-refractivity contribution >= 4 is 33.2 Å². The van der Waals surface area contributed by atoms with Gasteiger partial charge < -0.3 is 9.52 Å². The zero-order valence-corrected chi connectivity index (χ0v) is 10.8. The minimum absolute atomic E-state index is 0.0590. The van der Waals surface area contributed by atoms with E-state index in [0.717, 1.165) is 5.01 Å². The monoisotopic (exact) mass is 301 g/mol. The van der Waals surface area contributed by atoms with E-state index in [1.807, 2.05) is 6.92 Å². The first-order chi connectivity index (χ1) is 7.61. The molecule has 84 valence electrons. The average Bonchev–Trinajstić information content (AvgIpc) is 2.82. The van der Waals surface area contributed by atoms with Crippen LogP contribution in [0.4, 0.5) is 0 Å². The van der Waals surface area contributed by atoms with Gasteiger partial charge in [-0.3, -0.25) is 0 Å². The van der Waals surface area contributed by atoms with Crippen LogP contribution in [0, 0.1) is 0 Å². The molecule has 0 unspecified atom stereocenters. The molecule has 2 heterocycles. The van der Waals surface area contributed by atoms with Crippen LogP contribution in [0.5, 0.6) is 0 Å². The number of hydrogen-bond donors (Lipinski definition) is 1. The summed E-state index contributed by atoms with van der Waals surface area (Å²) >= 11 is 4.53. The third-order valence-electron chi connectivity index (χ3n) is 1.97. The lowest BCUT2D eigenvalue weighted by molar-refractivity contribution is 0.0691. The molecule has 2 aromatic heterocycles. The Morgan fingerprint density at radius 3 is 2.88 bits per heavy atom. The molecule has 0 radical (unpaired) electrons. The number of furan rings is 1. The second kappa shape index (κ2) is 4.39. The fraction of sp³-hybridized carbons (Fsp3) is 0.200. The van der Waals surface area contributed by atoms with Gasteiger partial charge in [-0.25, -0.2) is 9.78 Å². The number of rotatable bonds is 3. The summed E-state index contributed by atoms with van der Waals surface area (Å²) in [6.07, 6.45) is 0.715. The van der Waals surface area contributed by atoms with E-state index in [4.69, 9.17) is 9.52 Å². The van der Waals surface area contributed by atoms with Gasteiger partial charge in [-0.15, -0.1) is 11.3 Å². The van der Waals surface area contributed by atoms with Crippen LogP contribution >= 0.6 is 27.3 Å². The molecule has 2 aromatic rings. The Morgan fingerprint density at radius 1 is 1.62 bits per heavy atom. The van der Waals surface area contributed by atoms with Crippen molar-refractivity contribution in [1.29, 1.82) is 0 Å². The lowest BCUT2D eigenvalue weighted by atomic mass is 10.3. The molecule has 1 N–H and O–H groups in total. The molecule has 16 heavy (non-hydrogen) atoms. The van der Waals surface area contributed by atoms with E-state index >= 15 is 0 Å². The third-order valence-corrected chi connectivity index (χ3v) is 3.61. The maximum Gasteiger partial charge on any atom is 0.356 e. The van der Waals surface area contributed by atoms with Gasteiger partial charge in [0.25, 0.3) is 0 Å². The third kappa shape index (κ3) is 2.03. The number of halogens is 1. The minimum Gasteiger partial charge on any atom is -0.476 e. The van der Waals surface area contributed by atoms with Crippen molar-refractivity contribution in [2.24, 2.45) is 0 Å². The SMILES string of the molecule is CCc1nc(C(=O)O)c(-c2ccc(Br)o2)s1. The molecule has 0 saturated heterocycles. The number of thiazole rings is 1. The van der Waals surface area contributed by atoms with Crippen molar-refractivity contribution in [1.82, 2.24) is 4.98 Å². The van der Waals surface area contributed by atoms with Crippen LogP contribution in [0.25, 0.3) is 10.6 Å². The molecule has 0 spiro atoms. The lowest BCUT2D eigenvalue weighted by Crippen LogP contribution is -1.98. The predicted molar refractivity (Wildman–Crippen MR) is 63.9 cm³/mol. The van der Waals surface area contributed by atoms with Crippen molar-refractivity contribution < 1.29 is 14.3 Å². The van der Waals surface area contributed by atoms with Gasteiger partial charge in [-0.1, -0.05) is 6.92 Å². The summed E-state index contributed by atoms with van der Waals surface area (Å²) in [6, 6.07) is 3.45. The van der Waals surface area contributed by atoms with Crippen LogP contribution in [0.1, 0.15) is 22.4 Å². The summed E-state index contributed by atoms with van der Waals surface area (Å²) in [6.45, 7) is 1.94. The van der Waals surface area contributed by atoms with Gasteiger partial charge in [-0.05, 0) is 34.5 Å². The molecule has 0 atom stereocenters. The summed E-state index contributed by atoms with van der Waals surface area (Å²) in [4.78, 5) is 15.6. The first-order valence-corrected chi connectivity index (χ1v) is 6.21. The van der Waals surface area contributed by atoms with Crippen LogP contribution in [0.3, 0.4) is 0 Å². The van der Waals surface area contributed by atoms with Gasteiger partial charge in [0.2, 0.25) is 0 Å². The first-order valence-electron chi connectivity index (χ1n) is 4.60. The lowest BCUT2D eigenvalue weighted by Gasteiger charge is -1.92. The summed E-state index contributed by atoms with van der Waals surface area (Å²) in [7, 11) is 0. The van der Waals surface area contributed by atoms with Gasteiger partial charge in [-0.2, -0.15) is 0 Å². The molecule has 0 fully saturated rings. The molecule has 0 saturated carbocycles. The van der Waals surface area contributed by atoms with Gasteiger partial charge in [0.05, 0.1) is 5.01 Å². The van der Waals surface area contributed by atoms with Crippen LogP contribution in [0.2, 0.25) is 0 Å². The van der Waals surface area contributed by atoms with Gasteiger partial charge in [0.15, 0.2) is 10.4 Å². The van der Waals surface area contributed by atoms with E-state index in [1.165, 1.54) is 11.3 Å². The number of aromatic nitrogens is 1. The fourth-order valence-electron chi connectivity index (χ4n) is 1.26. The molecule has 6 heteroatoms. The largest absolute Gasteiger partial charge is 0.476 e. The average molecular weight is 302 g/mol. The number of hydrogen-bond acceptors (Lipinski definition) is 4. The van der Waals surface area contributed by atoms with Crippen molar-refractivity contribution in [3.05, 3.63) is 27.5 Å². The normalized spacial score (nSPS) is 10.6. The van der Waals surface area contributed by atoms with Crippen LogP contribution in [-0.4, -0.2) is 16.1 Å². The quantitative estimate of drug-likeness (QED) is 0.943. The van der Waals surface area contributed by atoms with E-state index in [9.17, 15) is 4.79 Å². The molecule has 2 rings (SSSR count). The molecule has 0 aliphatic rings. The number of aryl methyl sites for hydroxylation is 1. The van der Waals surface area contributed by atoms with E-state index in [2.05, 4.69) is 20.9 Å².